The van der Waals surface area contributed by atoms with Gasteiger partial charge in [-0.15, -0.1) is 11.3 Å². The lowest BCUT2D eigenvalue weighted by Gasteiger charge is -2.07. The number of benzene rings is 1. The number of carbonyl (C=O) groups excluding carboxylic acids is 2. The Labute approximate surface area is 142 Å². The molecule has 0 aliphatic rings. The van der Waals surface area contributed by atoms with Gasteiger partial charge >= 0.3 is 5.97 Å². The van der Waals surface area contributed by atoms with E-state index >= 15 is 0 Å². The molecule has 1 N–H and O–H groups in total. The van der Waals surface area contributed by atoms with Gasteiger partial charge in [0.2, 0.25) is 0 Å². The van der Waals surface area contributed by atoms with Gasteiger partial charge in [0.1, 0.15) is 6.61 Å². The zero-order valence-electron chi connectivity index (χ0n) is 12.7. The zero-order valence-corrected chi connectivity index (χ0v) is 13.5. The standard InChI is InChI=1S/C17H15N3O3S/c21-16(15-6-2-11-24-15)19-14-5-1-4-13(12-14)17(22)23-10-9-20-8-3-7-18-20/h1-8,11-12H,9-10H2,(H,19,21). The molecule has 0 atom stereocenters. The van der Waals surface area contributed by atoms with Crippen molar-refractivity contribution in [3.63, 3.8) is 0 Å². The van der Waals surface area contributed by atoms with Crippen LogP contribution in [0.15, 0.2) is 60.2 Å². The van der Waals surface area contributed by atoms with Crippen LogP contribution >= 0.6 is 11.3 Å². The van der Waals surface area contributed by atoms with Crippen LogP contribution in [0.2, 0.25) is 0 Å². The average Bonchev–Trinajstić information content (AvgIpc) is 3.29. The van der Waals surface area contributed by atoms with E-state index in [1.807, 2.05) is 17.5 Å². The van der Waals surface area contributed by atoms with Gasteiger partial charge in [-0.3, -0.25) is 9.48 Å². The number of thiophene rings is 1. The molecule has 24 heavy (non-hydrogen) atoms. The lowest BCUT2D eigenvalue weighted by Crippen LogP contribution is -2.13. The molecule has 2 aromatic heterocycles. The Morgan fingerprint density at radius 2 is 2.12 bits per heavy atom. The van der Waals surface area contributed by atoms with Crippen LogP contribution in [0.1, 0.15) is 20.0 Å². The van der Waals surface area contributed by atoms with Crippen LogP contribution in [-0.2, 0) is 11.3 Å². The number of aromatic nitrogens is 2. The van der Waals surface area contributed by atoms with E-state index in [4.69, 9.17) is 4.74 Å². The van der Waals surface area contributed by atoms with E-state index in [1.54, 1.807) is 47.4 Å². The molecule has 0 fully saturated rings. The number of nitrogens with zero attached hydrogens (tertiary/aromatic N) is 2. The predicted octanol–water partition coefficient (Wildman–Crippen LogP) is 3.05. The highest BCUT2D eigenvalue weighted by Crippen LogP contribution is 2.15. The molecular weight excluding hydrogens is 326 g/mol. The van der Waals surface area contributed by atoms with Crippen molar-refractivity contribution in [1.82, 2.24) is 9.78 Å². The maximum atomic E-state index is 12.1. The number of rotatable bonds is 6. The van der Waals surface area contributed by atoms with Crippen molar-refractivity contribution in [3.05, 3.63) is 70.7 Å². The largest absolute Gasteiger partial charge is 0.460 e. The Kier molecular flexibility index (Phi) is 5.02. The fourth-order valence-corrected chi connectivity index (χ4v) is 2.69. The third-order valence-electron chi connectivity index (χ3n) is 3.21. The number of hydrogen-bond donors (Lipinski definition) is 1. The van der Waals surface area contributed by atoms with Crippen LogP contribution in [0, 0.1) is 0 Å². The van der Waals surface area contributed by atoms with Gasteiger partial charge in [0.25, 0.3) is 5.91 Å². The summed E-state index contributed by atoms with van der Waals surface area (Å²) in [7, 11) is 0. The minimum atomic E-state index is -0.436. The van der Waals surface area contributed by atoms with E-state index in [1.165, 1.54) is 11.3 Å². The molecule has 1 aromatic carbocycles. The molecule has 3 rings (SSSR count). The van der Waals surface area contributed by atoms with Crippen molar-refractivity contribution in [3.8, 4) is 0 Å². The van der Waals surface area contributed by atoms with E-state index < -0.39 is 5.97 Å². The van der Waals surface area contributed by atoms with E-state index in [9.17, 15) is 9.59 Å². The molecule has 0 unspecified atom stereocenters. The Hall–Kier alpha value is -2.93. The van der Waals surface area contributed by atoms with Gasteiger partial charge in [-0.1, -0.05) is 12.1 Å². The van der Waals surface area contributed by atoms with Gasteiger partial charge in [-0.05, 0) is 35.7 Å². The highest BCUT2D eigenvalue weighted by atomic mass is 32.1. The molecule has 0 aliphatic heterocycles. The first-order valence-corrected chi connectivity index (χ1v) is 8.20. The molecular formula is C17H15N3O3S. The van der Waals surface area contributed by atoms with Crippen molar-refractivity contribution in [2.24, 2.45) is 0 Å². The summed E-state index contributed by atoms with van der Waals surface area (Å²) in [6.07, 6.45) is 3.47. The zero-order chi connectivity index (χ0) is 16.8. The second-order valence-electron chi connectivity index (χ2n) is 4.92. The van der Waals surface area contributed by atoms with Crippen molar-refractivity contribution in [1.29, 1.82) is 0 Å². The molecule has 7 heteroatoms. The second-order valence-corrected chi connectivity index (χ2v) is 5.86. The number of esters is 1. The van der Waals surface area contributed by atoms with Crippen molar-refractivity contribution in [2.45, 2.75) is 6.54 Å². The minimum Gasteiger partial charge on any atom is -0.460 e. The predicted molar refractivity (Wildman–Crippen MR) is 91.2 cm³/mol. The summed E-state index contributed by atoms with van der Waals surface area (Å²) < 4.78 is 6.91. The Bertz CT molecular complexity index is 813. The summed E-state index contributed by atoms with van der Waals surface area (Å²) in [5.41, 5.74) is 0.939. The monoisotopic (exact) mass is 341 g/mol. The molecule has 1 amide bonds. The van der Waals surface area contributed by atoms with Gasteiger partial charge in [-0.2, -0.15) is 5.10 Å². The van der Waals surface area contributed by atoms with E-state index in [0.29, 0.717) is 22.7 Å². The van der Waals surface area contributed by atoms with Gasteiger partial charge < -0.3 is 10.1 Å². The molecule has 2 heterocycles. The van der Waals surface area contributed by atoms with Crippen LogP contribution in [-0.4, -0.2) is 28.3 Å². The number of anilines is 1. The lowest BCUT2D eigenvalue weighted by atomic mass is 10.2. The van der Waals surface area contributed by atoms with E-state index in [0.717, 1.165) is 0 Å². The molecule has 0 spiro atoms. The number of carbonyl (C=O) groups is 2. The number of ether oxygens (including phenoxy) is 1. The highest BCUT2D eigenvalue weighted by Gasteiger charge is 2.11. The Morgan fingerprint density at radius 1 is 1.21 bits per heavy atom. The molecule has 0 aliphatic carbocycles. The molecule has 0 saturated carbocycles. The normalized spacial score (nSPS) is 10.3. The minimum absolute atomic E-state index is 0.200. The maximum absolute atomic E-state index is 12.1. The number of nitrogens with one attached hydrogen (secondary N) is 1. The summed E-state index contributed by atoms with van der Waals surface area (Å²) >= 11 is 1.36. The molecule has 3 aromatic rings. The fraction of sp³-hybridized carbons (Fsp3) is 0.118. The van der Waals surface area contributed by atoms with Crippen LogP contribution in [0.5, 0.6) is 0 Å². The fourth-order valence-electron chi connectivity index (χ4n) is 2.07. The molecule has 0 saturated heterocycles. The summed E-state index contributed by atoms with van der Waals surface area (Å²) in [4.78, 5) is 24.7. The van der Waals surface area contributed by atoms with Gasteiger partial charge in [0.15, 0.2) is 0 Å². The average molecular weight is 341 g/mol. The van der Waals surface area contributed by atoms with Gasteiger partial charge in [0.05, 0.1) is 17.0 Å². The molecule has 122 valence electrons. The first-order valence-electron chi connectivity index (χ1n) is 7.32. The Balaban J connectivity index is 1.57. The van der Waals surface area contributed by atoms with Gasteiger partial charge in [0, 0.05) is 18.1 Å². The summed E-state index contributed by atoms with van der Waals surface area (Å²) in [6, 6.07) is 12.0. The summed E-state index contributed by atoms with van der Waals surface area (Å²) in [5.74, 6) is -0.636. The summed E-state index contributed by atoms with van der Waals surface area (Å²) in [6.45, 7) is 0.722. The summed E-state index contributed by atoms with van der Waals surface area (Å²) in [5, 5.41) is 8.64. The number of amides is 1. The van der Waals surface area contributed by atoms with E-state index in [2.05, 4.69) is 10.4 Å². The molecule has 6 nitrogen and oxygen atoms in total. The third kappa shape index (κ3) is 4.08. The smallest absolute Gasteiger partial charge is 0.338 e. The number of hydrogen-bond acceptors (Lipinski definition) is 5. The topological polar surface area (TPSA) is 73.2 Å². The lowest BCUT2D eigenvalue weighted by molar-refractivity contribution is 0.0487. The quantitative estimate of drug-likeness (QED) is 0.699. The van der Waals surface area contributed by atoms with Crippen molar-refractivity contribution in [2.75, 3.05) is 11.9 Å². The second kappa shape index (κ2) is 7.56. The highest BCUT2D eigenvalue weighted by molar-refractivity contribution is 7.12. The maximum Gasteiger partial charge on any atom is 0.338 e. The van der Waals surface area contributed by atoms with Gasteiger partial charge in [-0.25, -0.2) is 4.79 Å². The van der Waals surface area contributed by atoms with Crippen LogP contribution < -0.4 is 5.32 Å². The molecule has 0 bridgehead atoms. The first-order chi connectivity index (χ1) is 11.7. The van der Waals surface area contributed by atoms with Crippen LogP contribution in [0.4, 0.5) is 5.69 Å². The van der Waals surface area contributed by atoms with Crippen molar-refractivity contribution < 1.29 is 14.3 Å². The van der Waals surface area contributed by atoms with Crippen LogP contribution in [0.25, 0.3) is 0 Å². The van der Waals surface area contributed by atoms with E-state index in [-0.39, 0.29) is 12.5 Å². The Morgan fingerprint density at radius 3 is 2.88 bits per heavy atom. The first kappa shape index (κ1) is 15.9. The van der Waals surface area contributed by atoms with Crippen LogP contribution in [0.3, 0.4) is 0 Å². The molecule has 0 radical (unpaired) electrons. The SMILES string of the molecule is O=C(OCCn1cccn1)c1cccc(NC(=O)c2cccs2)c1. The third-order valence-corrected chi connectivity index (χ3v) is 4.08. The van der Waals surface area contributed by atoms with Crippen molar-refractivity contribution >= 4 is 28.9 Å².